The number of ether oxygens (including phenoxy) is 1. The summed E-state index contributed by atoms with van der Waals surface area (Å²) in [7, 11) is -2.98. The molecule has 0 unspecified atom stereocenters. The summed E-state index contributed by atoms with van der Waals surface area (Å²) < 4.78 is 28.7. The second-order valence-electron chi connectivity index (χ2n) is 10.7. The molecule has 1 fully saturated rings. The van der Waals surface area contributed by atoms with Gasteiger partial charge in [-0.05, 0) is 114 Å². The molecule has 2 N–H and O–H groups in total. The Morgan fingerprint density at radius 2 is 1.82 bits per heavy atom. The van der Waals surface area contributed by atoms with Gasteiger partial charge in [0.05, 0.1) is 18.3 Å². The van der Waals surface area contributed by atoms with E-state index in [9.17, 15) is 18.3 Å². The Bertz CT molecular complexity index is 1450. The quantitative estimate of drug-likeness (QED) is 0.322. The van der Waals surface area contributed by atoms with Crippen molar-refractivity contribution >= 4 is 21.5 Å². The number of aryl methyl sites for hydroxylation is 3. The summed E-state index contributed by atoms with van der Waals surface area (Å²) in [6, 6.07) is 19.1. The third-order valence-corrected chi connectivity index (χ3v) is 8.63. The van der Waals surface area contributed by atoms with Crippen molar-refractivity contribution in [2.75, 3.05) is 23.9 Å². The summed E-state index contributed by atoms with van der Waals surface area (Å²) in [4.78, 5) is 11.2. The lowest BCUT2D eigenvalue weighted by Crippen LogP contribution is -2.08. The van der Waals surface area contributed by atoms with Gasteiger partial charge in [-0.3, -0.25) is 4.79 Å². The van der Waals surface area contributed by atoms with Crippen molar-refractivity contribution in [3.8, 4) is 16.9 Å². The molecule has 0 aliphatic heterocycles. The Morgan fingerprint density at radius 1 is 1.05 bits per heavy atom. The van der Waals surface area contributed by atoms with Crippen molar-refractivity contribution in [2.45, 2.75) is 51.5 Å². The zero-order valence-electron chi connectivity index (χ0n) is 22.0. The second-order valence-corrected chi connectivity index (χ2v) is 13.0. The highest BCUT2D eigenvalue weighted by Gasteiger charge is 2.44. The van der Waals surface area contributed by atoms with Crippen molar-refractivity contribution in [2.24, 2.45) is 5.92 Å². The summed E-state index contributed by atoms with van der Waals surface area (Å²) in [6.07, 6.45) is 5.56. The molecule has 0 radical (unpaired) electrons. The lowest BCUT2D eigenvalue weighted by atomic mass is 9.91. The second kappa shape index (κ2) is 10.8. The number of benzene rings is 3. The molecule has 5 rings (SSSR count). The molecule has 2 aliphatic carbocycles. The zero-order valence-corrected chi connectivity index (χ0v) is 22.8. The molecule has 0 heterocycles. The van der Waals surface area contributed by atoms with Crippen molar-refractivity contribution in [1.82, 2.24) is 0 Å². The highest BCUT2D eigenvalue weighted by molar-refractivity contribution is 7.90. The van der Waals surface area contributed by atoms with E-state index < -0.39 is 15.8 Å². The third kappa shape index (κ3) is 6.21. The SMILES string of the molecule is Cc1cc(OCCCS(C)(=O)=O)cc2c1-c1cc(CNc3ccc([C@H]4C[C@@H]4C(=O)O)cc3)ccc1CCC2. The number of anilines is 1. The van der Waals surface area contributed by atoms with E-state index in [1.54, 1.807) is 0 Å². The van der Waals surface area contributed by atoms with Gasteiger partial charge in [0.15, 0.2) is 0 Å². The Hall–Kier alpha value is -3.32. The molecular weight excluding hydrogens is 498 g/mol. The Morgan fingerprint density at radius 3 is 2.53 bits per heavy atom. The molecule has 0 aromatic heterocycles. The van der Waals surface area contributed by atoms with Crippen LogP contribution in [-0.4, -0.2) is 38.1 Å². The Kier molecular flexibility index (Phi) is 7.48. The minimum atomic E-state index is -2.98. The van der Waals surface area contributed by atoms with Gasteiger partial charge >= 0.3 is 5.97 Å². The van der Waals surface area contributed by atoms with Crippen LogP contribution in [0.1, 0.15) is 53.0 Å². The van der Waals surface area contributed by atoms with E-state index in [1.165, 1.54) is 39.6 Å². The fourth-order valence-electron chi connectivity index (χ4n) is 5.54. The van der Waals surface area contributed by atoms with Crippen LogP contribution in [0.3, 0.4) is 0 Å². The predicted octanol–water partition coefficient (Wildman–Crippen LogP) is 5.76. The van der Waals surface area contributed by atoms with Crippen LogP contribution >= 0.6 is 0 Å². The van der Waals surface area contributed by atoms with Crippen molar-refractivity contribution in [3.05, 3.63) is 82.4 Å². The van der Waals surface area contributed by atoms with Crippen molar-refractivity contribution in [3.63, 3.8) is 0 Å². The first-order valence-electron chi connectivity index (χ1n) is 13.3. The Balaban J connectivity index is 1.28. The number of rotatable bonds is 10. The van der Waals surface area contributed by atoms with Crippen LogP contribution in [0.25, 0.3) is 11.1 Å². The third-order valence-electron chi connectivity index (χ3n) is 7.60. The largest absolute Gasteiger partial charge is 0.494 e. The maximum atomic E-state index is 11.4. The molecule has 3 aromatic rings. The van der Waals surface area contributed by atoms with E-state index >= 15 is 0 Å². The van der Waals surface area contributed by atoms with E-state index in [0.717, 1.165) is 42.7 Å². The Labute approximate surface area is 225 Å². The smallest absolute Gasteiger partial charge is 0.307 e. The van der Waals surface area contributed by atoms with Crippen LogP contribution in [0.2, 0.25) is 0 Å². The van der Waals surface area contributed by atoms with Crippen molar-refractivity contribution in [1.29, 1.82) is 0 Å². The van der Waals surface area contributed by atoms with Crippen LogP contribution in [0, 0.1) is 12.8 Å². The number of nitrogens with one attached hydrogen (secondary N) is 1. The van der Waals surface area contributed by atoms with E-state index in [0.29, 0.717) is 19.6 Å². The first kappa shape index (κ1) is 26.3. The van der Waals surface area contributed by atoms with Gasteiger partial charge in [-0.15, -0.1) is 0 Å². The van der Waals surface area contributed by atoms with Gasteiger partial charge in [0.25, 0.3) is 0 Å². The molecule has 0 amide bonds. The number of carbonyl (C=O) groups is 1. The van der Waals surface area contributed by atoms with Gasteiger partial charge in [0.1, 0.15) is 15.6 Å². The lowest BCUT2D eigenvalue weighted by Gasteiger charge is -2.17. The highest BCUT2D eigenvalue weighted by Crippen LogP contribution is 2.47. The summed E-state index contributed by atoms with van der Waals surface area (Å²) in [5, 5.41) is 12.7. The first-order chi connectivity index (χ1) is 18.2. The van der Waals surface area contributed by atoms with Gasteiger partial charge in [0, 0.05) is 18.5 Å². The lowest BCUT2D eigenvalue weighted by molar-refractivity contribution is -0.138. The predicted molar refractivity (Wildman–Crippen MR) is 151 cm³/mol. The van der Waals surface area contributed by atoms with Gasteiger partial charge in [-0.2, -0.15) is 0 Å². The number of aliphatic carboxylic acids is 1. The summed E-state index contributed by atoms with van der Waals surface area (Å²) in [6.45, 7) is 3.21. The van der Waals surface area contributed by atoms with E-state index in [1.807, 2.05) is 24.3 Å². The number of fused-ring (bicyclic) bond motifs is 3. The van der Waals surface area contributed by atoms with Crippen LogP contribution in [0.4, 0.5) is 5.69 Å². The maximum absolute atomic E-state index is 11.4. The first-order valence-corrected chi connectivity index (χ1v) is 15.4. The highest BCUT2D eigenvalue weighted by atomic mass is 32.2. The summed E-state index contributed by atoms with van der Waals surface area (Å²) in [5.41, 5.74) is 9.69. The molecular formula is C31H35NO5S. The minimum Gasteiger partial charge on any atom is -0.494 e. The number of carboxylic acids is 1. The number of sulfone groups is 1. The average molecular weight is 534 g/mol. The molecule has 7 heteroatoms. The molecule has 0 bridgehead atoms. The molecule has 200 valence electrons. The number of hydrogen-bond acceptors (Lipinski definition) is 5. The average Bonchev–Trinajstić information content (AvgIpc) is 3.69. The molecule has 1 saturated carbocycles. The standard InChI is InChI=1S/C31H35NO5S/c1-20-15-26(37-13-4-14-38(2,35)36)17-24-6-3-5-22-8-7-21(16-28(22)30(20)24)19-32-25-11-9-23(10-12-25)27-18-29(27)31(33)34/h7-12,15-17,27,29,32H,3-6,13-14,18-19H2,1-2H3,(H,33,34)/t27-,29+/m1/s1. The summed E-state index contributed by atoms with van der Waals surface area (Å²) >= 11 is 0. The molecule has 3 aromatic carbocycles. The molecule has 38 heavy (non-hydrogen) atoms. The van der Waals surface area contributed by atoms with Gasteiger partial charge in [0.2, 0.25) is 0 Å². The van der Waals surface area contributed by atoms with Crippen LogP contribution in [-0.2, 0) is 34.0 Å². The van der Waals surface area contributed by atoms with E-state index in [4.69, 9.17) is 4.74 Å². The van der Waals surface area contributed by atoms with Gasteiger partial charge in [-0.25, -0.2) is 8.42 Å². The molecule has 0 saturated heterocycles. The fourth-order valence-corrected chi connectivity index (χ4v) is 6.19. The van der Waals surface area contributed by atoms with E-state index in [-0.39, 0.29) is 17.6 Å². The zero-order chi connectivity index (χ0) is 26.9. The van der Waals surface area contributed by atoms with Gasteiger partial charge in [-0.1, -0.05) is 24.3 Å². The van der Waals surface area contributed by atoms with Crippen LogP contribution < -0.4 is 10.1 Å². The molecule has 0 spiro atoms. The normalized spacial score (nSPS) is 18.2. The molecule has 2 aliphatic rings. The maximum Gasteiger partial charge on any atom is 0.307 e. The minimum absolute atomic E-state index is 0.136. The van der Waals surface area contributed by atoms with Crippen LogP contribution in [0.15, 0.2) is 54.6 Å². The number of hydrogen-bond donors (Lipinski definition) is 2. The van der Waals surface area contributed by atoms with Gasteiger partial charge < -0.3 is 15.2 Å². The summed E-state index contributed by atoms with van der Waals surface area (Å²) in [5.74, 6) is 0.151. The monoisotopic (exact) mass is 533 g/mol. The van der Waals surface area contributed by atoms with Crippen LogP contribution in [0.5, 0.6) is 5.75 Å². The van der Waals surface area contributed by atoms with E-state index in [2.05, 4.69) is 42.6 Å². The van der Waals surface area contributed by atoms with Crippen molar-refractivity contribution < 1.29 is 23.1 Å². The molecule has 2 atom stereocenters. The number of carboxylic acid groups (broad SMARTS) is 1. The molecule has 6 nitrogen and oxygen atoms in total. The fraction of sp³-hybridized carbons (Fsp3) is 0.387. The topological polar surface area (TPSA) is 92.7 Å².